The first kappa shape index (κ1) is 29.5. The fourth-order valence-corrected chi connectivity index (χ4v) is 8.79. The lowest BCUT2D eigenvalue weighted by Crippen LogP contribution is -2.33. The number of anilines is 1. The van der Waals surface area contributed by atoms with Crippen molar-refractivity contribution in [1.29, 1.82) is 0 Å². The molecule has 0 aliphatic carbocycles. The highest BCUT2D eigenvalue weighted by molar-refractivity contribution is 7.75. The van der Waals surface area contributed by atoms with E-state index in [1.54, 1.807) is 0 Å². The Kier molecular flexibility index (Phi) is 9.28. The topological polar surface area (TPSA) is 282 Å². The summed E-state index contributed by atoms with van der Waals surface area (Å²) in [5.41, 5.74) is 4.65. The van der Waals surface area contributed by atoms with E-state index >= 15 is 0 Å². The number of aliphatic hydroxyl groups excluding tert-OH is 2. The van der Waals surface area contributed by atoms with Crippen molar-refractivity contribution in [1.82, 2.24) is 24.6 Å². The molecule has 18 nitrogen and oxygen atoms in total. The number of fused-ring (bicyclic) bond motifs is 1. The number of phosphoric ester groups is 1. The summed E-state index contributed by atoms with van der Waals surface area (Å²) in [5.74, 6) is -1.61. The van der Waals surface area contributed by atoms with E-state index in [1.165, 1.54) is 0 Å². The van der Waals surface area contributed by atoms with Crippen LogP contribution in [0.1, 0.15) is 12.6 Å². The summed E-state index contributed by atoms with van der Waals surface area (Å²) in [5, 5.41) is 22.9. The lowest BCUT2D eigenvalue weighted by atomic mass is 10.1. The Balaban J connectivity index is 1.65. The van der Waals surface area contributed by atoms with Crippen molar-refractivity contribution in [2.45, 2.75) is 31.0 Å². The quantitative estimate of drug-likeness (QED) is 0.104. The molecular weight excluding hydrogens is 568 g/mol. The van der Waals surface area contributed by atoms with Crippen molar-refractivity contribution in [2.75, 3.05) is 31.0 Å². The number of imidazole rings is 1. The highest BCUT2D eigenvalue weighted by Crippen LogP contribution is 2.65. The molecule has 2 aromatic heterocycles. The molecule has 1 fully saturated rings. The molecule has 0 bridgehead atoms. The fraction of sp³-hybridized carbons (Fsp3) is 0.643. The first-order valence-electron chi connectivity index (χ1n) is 10.2. The van der Waals surface area contributed by atoms with Crippen LogP contribution in [0.5, 0.6) is 0 Å². The van der Waals surface area contributed by atoms with E-state index in [0.29, 0.717) is 12.6 Å². The van der Waals surface area contributed by atoms with Crippen molar-refractivity contribution in [3.05, 3.63) is 16.7 Å². The molecule has 8 atom stereocenters. The zero-order chi connectivity index (χ0) is 26.9. The maximum atomic E-state index is 12.2. The van der Waals surface area contributed by atoms with Gasteiger partial charge in [0.05, 0.1) is 12.9 Å². The van der Waals surface area contributed by atoms with Crippen LogP contribution in [0.15, 0.2) is 11.1 Å². The highest BCUT2D eigenvalue weighted by Gasteiger charge is 2.46. The number of hydrogen-bond acceptors (Lipinski definition) is 12. The van der Waals surface area contributed by atoms with Crippen molar-refractivity contribution < 1.29 is 52.2 Å². The predicted octanol–water partition coefficient (Wildman–Crippen LogP) is -1.36. The van der Waals surface area contributed by atoms with E-state index < -0.39 is 65.5 Å². The molecule has 0 radical (unpaired) electrons. The third-order valence-corrected chi connectivity index (χ3v) is 11.2. The van der Waals surface area contributed by atoms with Crippen LogP contribution in [0.4, 0.5) is 5.95 Å². The van der Waals surface area contributed by atoms with Gasteiger partial charge in [-0.25, -0.2) is 18.9 Å². The number of hydrogen-bond donors (Lipinski definition) is 8. The Morgan fingerprint density at radius 2 is 1.94 bits per heavy atom. The van der Waals surface area contributed by atoms with Gasteiger partial charge in [0.15, 0.2) is 17.4 Å². The average molecular weight is 594 g/mol. The Hall–Kier alpha value is -1.09. The standard InChI is InChI=1S/C14H26N6O12P4/c15-14-18-11-8(12(23)19-14)16-5-20(11)13-10(22)9(21)7(31-13)4-30-36(28,29)32-35(26,27)6-34(24,25)17-2-1-3-33/h5,7,9-10,13,21-22H,1-4,6,33H2,(H,26,27)(H,28,29)(H2,17,24,25)(H3,15,18,19,23). The predicted molar refractivity (Wildman–Crippen MR) is 127 cm³/mol. The van der Waals surface area contributed by atoms with E-state index in [1.807, 2.05) is 0 Å². The van der Waals surface area contributed by atoms with Crippen LogP contribution in [0.2, 0.25) is 0 Å². The zero-order valence-corrected chi connectivity index (χ0v) is 22.2. The van der Waals surface area contributed by atoms with Crippen LogP contribution in [-0.2, 0) is 27.3 Å². The molecule has 9 N–H and O–H groups in total. The highest BCUT2D eigenvalue weighted by atomic mass is 31.3. The van der Waals surface area contributed by atoms with E-state index in [9.17, 15) is 43.4 Å². The second-order valence-electron chi connectivity index (χ2n) is 7.70. The van der Waals surface area contributed by atoms with Crippen LogP contribution >= 0.6 is 32.2 Å². The molecule has 1 aliphatic heterocycles. The SMILES string of the molecule is Nc1nc2c(ncn2C2OC(COP(=O)(O)OP(=O)(O)CP(=O)(O)NCCCP)C(O)C2O)c(=O)[nH]1. The van der Waals surface area contributed by atoms with Gasteiger partial charge < -0.3 is 35.4 Å². The third kappa shape index (κ3) is 7.27. The summed E-state index contributed by atoms with van der Waals surface area (Å²) < 4.78 is 51.8. The number of phosphoric acid groups is 1. The second-order valence-corrected chi connectivity index (χ2v) is 14.2. The van der Waals surface area contributed by atoms with Crippen molar-refractivity contribution in [3.8, 4) is 0 Å². The Labute approximate surface area is 205 Å². The van der Waals surface area contributed by atoms with E-state index in [-0.39, 0.29) is 23.7 Å². The number of nitrogens with one attached hydrogen (secondary N) is 2. The van der Waals surface area contributed by atoms with Crippen LogP contribution < -0.4 is 16.4 Å². The number of nitrogens with two attached hydrogens (primary N) is 1. The number of nitrogens with zero attached hydrogens (tertiary/aromatic N) is 3. The molecule has 0 saturated carbocycles. The van der Waals surface area contributed by atoms with Gasteiger partial charge in [-0.3, -0.25) is 28.0 Å². The number of nitrogen functional groups attached to an aromatic ring is 1. The van der Waals surface area contributed by atoms with Crippen LogP contribution in [0.25, 0.3) is 11.2 Å². The van der Waals surface area contributed by atoms with Crippen molar-refractivity contribution in [3.63, 3.8) is 0 Å². The zero-order valence-electron chi connectivity index (χ0n) is 18.4. The minimum Gasteiger partial charge on any atom is -0.387 e. The monoisotopic (exact) mass is 594 g/mol. The molecule has 8 unspecified atom stereocenters. The summed E-state index contributed by atoms with van der Waals surface area (Å²) in [6.07, 6.45) is -3.99. The molecule has 36 heavy (non-hydrogen) atoms. The number of ether oxygens (including phenoxy) is 1. The van der Waals surface area contributed by atoms with Gasteiger partial charge in [-0.15, -0.1) is 9.24 Å². The smallest absolute Gasteiger partial charge is 0.387 e. The third-order valence-electron chi connectivity index (χ3n) is 4.80. The molecular formula is C14H26N6O12P4. The number of aromatic nitrogens is 4. The van der Waals surface area contributed by atoms with Gasteiger partial charge in [0.25, 0.3) is 13.1 Å². The lowest BCUT2D eigenvalue weighted by Gasteiger charge is -2.21. The molecule has 3 heterocycles. The van der Waals surface area contributed by atoms with E-state index in [0.717, 1.165) is 10.9 Å². The van der Waals surface area contributed by atoms with E-state index in [2.05, 4.69) is 38.1 Å². The van der Waals surface area contributed by atoms with Gasteiger partial charge in [0.1, 0.15) is 24.2 Å². The number of H-pyrrole nitrogens is 1. The lowest BCUT2D eigenvalue weighted by molar-refractivity contribution is -0.0501. The second kappa shape index (κ2) is 11.3. The minimum atomic E-state index is -5.31. The Morgan fingerprint density at radius 1 is 1.25 bits per heavy atom. The van der Waals surface area contributed by atoms with Gasteiger partial charge in [-0.1, -0.05) is 0 Å². The van der Waals surface area contributed by atoms with Gasteiger partial charge in [-0.05, 0) is 12.6 Å². The summed E-state index contributed by atoms with van der Waals surface area (Å²) >= 11 is 0. The molecule has 1 aliphatic rings. The largest absolute Gasteiger partial charge is 0.479 e. The van der Waals surface area contributed by atoms with Crippen LogP contribution in [-0.4, -0.2) is 87.9 Å². The maximum Gasteiger partial charge on any atom is 0.479 e. The molecule has 204 valence electrons. The minimum absolute atomic E-state index is 0.0493. The van der Waals surface area contributed by atoms with Crippen LogP contribution in [0, 0.1) is 0 Å². The van der Waals surface area contributed by atoms with Crippen molar-refractivity contribution >= 4 is 49.3 Å². The summed E-state index contributed by atoms with van der Waals surface area (Å²) in [6.45, 7) is -0.859. The van der Waals surface area contributed by atoms with Crippen molar-refractivity contribution in [2.24, 2.45) is 0 Å². The van der Waals surface area contributed by atoms with Gasteiger partial charge in [-0.2, -0.15) is 4.98 Å². The van der Waals surface area contributed by atoms with Gasteiger partial charge in [0, 0.05) is 6.54 Å². The Bertz CT molecular complexity index is 1290. The first-order valence-corrected chi connectivity index (χ1v) is 16.1. The Morgan fingerprint density at radius 3 is 2.61 bits per heavy atom. The van der Waals surface area contributed by atoms with E-state index in [4.69, 9.17) is 10.5 Å². The molecule has 22 heteroatoms. The van der Waals surface area contributed by atoms with Gasteiger partial charge >= 0.3 is 15.4 Å². The van der Waals surface area contributed by atoms with Crippen LogP contribution in [0.3, 0.4) is 0 Å². The molecule has 2 aromatic rings. The number of aliphatic hydroxyl groups is 2. The fourth-order valence-electron chi connectivity index (χ4n) is 3.25. The number of rotatable bonds is 12. The summed E-state index contributed by atoms with van der Waals surface area (Å²) in [4.78, 5) is 51.3. The molecule has 3 rings (SSSR count). The summed E-state index contributed by atoms with van der Waals surface area (Å²) in [7, 11) is -12.4. The normalized spacial score (nSPS) is 27.5. The van der Waals surface area contributed by atoms with Gasteiger partial charge in [0.2, 0.25) is 5.95 Å². The number of aromatic amines is 1. The maximum absolute atomic E-state index is 12.2. The first-order chi connectivity index (χ1) is 16.6. The molecule has 0 spiro atoms. The molecule has 0 aromatic carbocycles. The molecule has 0 amide bonds. The summed E-state index contributed by atoms with van der Waals surface area (Å²) in [6, 6.07) is 0. The molecule has 1 saturated heterocycles. The average Bonchev–Trinajstić information content (AvgIpc) is 3.26.